The molecule has 2 N–H and O–H groups in total. The van der Waals surface area contributed by atoms with Crippen LogP contribution in [0.1, 0.15) is 59.3 Å². The van der Waals surface area contributed by atoms with Gasteiger partial charge in [0.05, 0.1) is 11.4 Å². The van der Waals surface area contributed by atoms with Crippen LogP contribution in [0.25, 0.3) is 0 Å². The molecular formula is C16H28CuN6S2. The first kappa shape index (κ1) is 24.2. The number of hydrogen-bond donors (Lipinski definition) is 2. The van der Waals surface area contributed by atoms with Crippen molar-refractivity contribution in [3.63, 3.8) is 0 Å². The molecule has 1 saturated carbocycles. The molecule has 0 amide bonds. The number of amidine groups is 2. The third kappa shape index (κ3) is 10.7. The van der Waals surface area contributed by atoms with Crippen LogP contribution in [0.4, 0.5) is 0 Å². The molecule has 145 valence electrons. The van der Waals surface area contributed by atoms with Crippen molar-refractivity contribution in [1.29, 1.82) is 0 Å². The zero-order chi connectivity index (χ0) is 17.8. The fraction of sp³-hybridized carbons (Fsp3) is 0.750. The van der Waals surface area contributed by atoms with Crippen LogP contribution in [0.15, 0.2) is 20.2 Å². The molecule has 0 heterocycles. The fourth-order valence-electron chi connectivity index (χ4n) is 2.63. The molecular weight excluding hydrogens is 404 g/mol. The molecule has 0 aromatic heterocycles. The standard InChI is InChI=1S/C16H30N6S2.Cu/c1-4-17-15(23)21-19-12(3)14(20-22-16(24)18-5-2)11-10-13-8-6-7-9-13;/h13H,4-11H2,1-3H3,(H2,17,21,23)(H2,18,22,24);/q;+2/p-2/b19-12+,20-14+;. The maximum absolute atomic E-state index is 5.11. The van der Waals surface area contributed by atoms with Gasteiger partial charge in [-0.25, -0.2) is 0 Å². The number of hydrazone groups is 2. The molecule has 6 nitrogen and oxygen atoms in total. The summed E-state index contributed by atoms with van der Waals surface area (Å²) in [5.41, 5.74) is 7.30. The summed E-state index contributed by atoms with van der Waals surface area (Å²) in [4.78, 5) is 8.20. The fourth-order valence-corrected chi connectivity index (χ4v) is 2.98. The second-order valence-electron chi connectivity index (χ2n) is 5.73. The predicted octanol–water partition coefficient (Wildman–Crippen LogP) is 2.71. The van der Waals surface area contributed by atoms with E-state index in [1.54, 1.807) is 0 Å². The number of nitrogens with zero attached hydrogens (tertiary/aromatic N) is 4. The van der Waals surface area contributed by atoms with Gasteiger partial charge in [0.15, 0.2) is 0 Å². The van der Waals surface area contributed by atoms with Crippen molar-refractivity contribution in [3.8, 4) is 0 Å². The maximum atomic E-state index is 5.11. The number of rotatable bonds is 8. The minimum atomic E-state index is 0. The molecule has 25 heavy (non-hydrogen) atoms. The first-order chi connectivity index (χ1) is 11.6. The summed E-state index contributed by atoms with van der Waals surface area (Å²) < 4.78 is 0. The minimum Gasteiger partial charge on any atom is -0.741 e. The first-order valence-corrected chi connectivity index (χ1v) is 9.44. The Morgan fingerprint density at radius 2 is 1.48 bits per heavy atom. The Balaban J connectivity index is 0.00000576. The van der Waals surface area contributed by atoms with Crippen molar-refractivity contribution in [2.75, 3.05) is 13.1 Å². The van der Waals surface area contributed by atoms with Crippen molar-refractivity contribution in [3.05, 3.63) is 0 Å². The average Bonchev–Trinajstić information content (AvgIpc) is 3.06. The summed E-state index contributed by atoms with van der Waals surface area (Å²) in [6.07, 6.45) is 7.30. The summed E-state index contributed by atoms with van der Waals surface area (Å²) >= 11 is 10.2. The van der Waals surface area contributed by atoms with Gasteiger partial charge < -0.3 is 25.3 Å². The molecule has 0 spiro atoms. The third-order valence-electron chi connectivity index (χ3n) is 3.89. The van der Waals surface area contributed by atoms with Crippen LogP contribution >= 0.6 is 0 Å². The smallest absolute Gasteiger partial charge is 0.741 e. The van der Waals surface area contributed by atoms with E-state index in [1.807, 2.05) is 20.8 Å². The Morgan fingerprint density at radius 1 is 0.960 bits per heavy atom. The van der Waals surface area contributed by atoms with Gasteiger partial charge in [0.1, 0.15) is 0 Å². The maximum Gasteiger partial charge on any atom is 2.00 e. The van der Waals surface area contributed by atoms with Gasteiger partial charge in [-0.1, -0.05) is 25.7 Å². The summed E-state index contributed by atoms with van der Waals surface area (Å²) in [6, 6.07) is 0. The van der Waals surface area contributed by atoms with Crippen molar-refractivity contribution in [1.82, 2.24) is 10.9 Å². The summed E-state index contributed by atoms with van der Waals surface area (Å²) in [6.45, 7) is 7.06. The van der Waals surface area contributed by atoms with Crippen LogP contribution in [0.3, 0.4) is 0 Å². The van der Waals surface area contributed by atoms with E-state index in [4.69, 9.17) is 25.3 Å². The molecule has 0 aromatic rings. The molecule has 0 bridgehead atoms. The van der Waals surface area contributed by atoms with Gasteiger partial charge in [0, 0.05) is 13.1 Å². The molecule has 0 unspecified atom stereocenters. The van der Waals surface area contributed by atoms with E-state index < -0.39 is 0 Å². The Morgan fingerprint density at radius 3 is 2.00 bits per heavy atom. The van der Waals surface area contributed by atoms with E-state index in [2.05, 4.69) is 31.0 Å². The van der Waals surface area contributed by atoms with E-state index in [9.17, 15) is 0 Å². The van der Waals surface area contributed by atoms with E-state index in [-0.39, 0.29) is 17.1 Å². The Hall–Kier alpha value is -0.761. The van der Waals surface area contributed by atoms with Crippen LogP contribution in [0.5, 0.6) is 0 Å². The van der Waals surface area contributed by atoms with Gasteiger partial charge in [0.25, 0.3) is 0 Å². The number of nitrogens with one attached hydrogen (secondary N) is 2. The molecule has 1 aliphatic rings. The summed E-state index contributed by atoms with van der Waals surface area (Å²) in [5, 5.41) is 9.50. The second kappa shape index (κ2) is 14.4. The zero-order valence-corrected chi connectivity index (χ0v) is 17.7. The van der Waals surface area contributed by atoms with E-state index in [1.165, 1.54) is 25.7 Å². The molecule has 0 aliphatic heterocycles. The van der Waals surface area contributed by atoms with Crippen LogP contribution in [0.2, 0.25) is 0 Å². The Labute approximate surface area is 173 Å². The molecule has 0 aromatic carbocycles. The SMILES string of the molecule is CCN=C([S-])N/N=C(C)/C(CCC1CCCC1)=N/NC([S-])=NCC.[Cu+2]. The Bertz CT molecular complexity index is 499. The molecule has 0 saturated heterocycles. The largest absolute Gasteiger partial charge is 2.00 e. The van der Waals surface area contributed by atoms with Crippen LogP contribution in [0, 0.1) is 5.92 Å². The average molecular weight is 432 g/mol. The minimum absolute atomic E-state index is 0. The van der Waals surface area contributed by atoms with Crippen molar-refractivity contribution >= 4 is 47.0 Å². The molecule has 0 atom stereocenters. The van der Waals surface area contributed by atoms with Gasteiger partial charge in [-0.05, 0) is 49.9 Å². The molecule has 1 aliphatic carbocycles. The van der Waals surface area contributed by atoms with Gasteiger partial charge >= 0.3 is 17.1 Å². The summed E-state index contributed by atoms with van der Waals surface area (Å²) in [5.74, 6) is 0.791. The van der Waals surface area contributed by atoms with Crippen molar-refractivity contribution in [2.45, 2.75) is 59.3 Å². The van der Waals surface area contributed by atoms with E-state index >= 15 is 0 Å². The Kier molecular flexibility index (Phi) is 14.0. The van der Waals surface area contributed by atoms with Crippen molar-refractivity contribution < 1.29 is 17.1 Å². The molecule has 1 fully saturated rings. The van der Waals surface area contributed by atoms with Crippen molar-refractivity contribution in [2.24, 2.45) is 26.1 Å². The van der Waals surface area contributed by atoms with Crippen LogP contribution < -0.4 is 10.9 Å². The van der Waals surface area contributed by atoms with Gasteiger partial charge in [-0.15, -0.1) is 0 Å². The zero-order valence-electron chi connectivity index (χ0n) is 15.1. The van der Waals surface area contributed by atoms with Gasteiger partial charge in [-0.2, -0.15) is 10.2 Å². The van der Waals surface area contributed by atoms with E-state index in [0.29, 0.717) is 23.4 Å². The second-order valence-corrected chi connectivity index (χ2v) is 6.50. The third-order valence-corrected chi connectivity index (χ3v) is 4.33. The van der Waals surface area contributed by atoms with Gasteiger partial charge in [-0.3, -0.25) is 20.8 Å². The monoisotopic (exact) mass is 431 g/mol. The quantitative estimate of drug-likeness (QED) is 0.204. The van der Waals surface area contributed by atoms with Gasteiger partial charge in [0.2, 0.25) is 0 Å². The molecule has 9 heteroatoms. The first-order valence-electron chi connectivity index (χ1n) is 8.62. The number of hydrogen-bond acceptors (Lipinski definition) is 6. The van der Waals surface area contributed by atoms with E-state index in [0.717, 1.165) is 30.2 Å². The summed E-state index contributed by atoms with van der Waals surface area (Å²) in [7, 11) is 0. The number of aliphatic imine (C=N–C) groups is 2. The normalized spacial score (nSPS) is 17.4. The van der Waals surface area contributed by atoms with Crippen LogP contribution in [-0.4, -0.2) is 34.8 Å². The molecule has 1 rings (SSSR count). The molecule has 1 radical (unpaired) electrons. The predicted molar refractivity (Wildman–Crippen MR) is 109 cm³/mol. The topological polar surface area (TPSA) is 73.5 Å². The van der Waals surface area contributed by atoms with Crippen LogP contribution in [-0.2, 0) is 42.3 Å².